The summed E-state index contributed by atoms with van der Waals surface area (Å²) in [5.74, 6) is 0.532. The molecule has 1 aliphatic rings. The lowest BCUT2D eigenvalue weighted by Gasteiger charge is -2.28. The quantitative estimate of drug-likeness (QED) is 0.575. The molecule has 18 heavy (non-hydrogen) atoms. The van der Waals surface area contributed by atoms with Gasteiger partial charge in [0.15, 0.2) is 5.75 Å². The van der Waals surface area contributed by atoms with Gasteiger partial charge < -0.3 is 14.4 Å². The van der Waals surface area contributed by atoms with E-state index >= 15 is 0 Å². The highest BCUT2D eigenvalue weighted by Crippen LogP contribution is 2.32. The molecule has 0 saturated carbocycles. The Bertz CT molecular complexity index is 443. The number of rotatable bonds is 4. The molecule has 0 aliphatic carbocycles. The number of hydrogen-bond donors (Lipinski definition) is 0. The molecule has 1 unspecified atom stereocenters. The van der Waals surface area contributed by atoms with E-state index in [1.807, 2.05) is 0 Å². The van der Waals surface area contributed by atoms with E-state index in [0.29, 0.717) is 17.8 Å². The number of carbonyl (C=O) groups excluding carboxylic acids is 1. The third-order valence-electron chi connectivity index (χ3n) is 3.14. The number of pyridine rings is 1. The van der Waals surface area contributed by atoms with Gasteiger partial charge in [-0.25, -0.2) is 0 Å². The topological polar surface area (TPSA) is 45.7 Å². The highest BCUT2D eigenvalue weighted by atomic mass is 16.5. The number of ether oxygens (including phenoxy) is 1. The van der Waals surface area contributed by atoms with Crippen molar-refractivity contribution in [1.29, 1.82) is 0 Å². The zero-order chi connectivity index (χ0) is 13.2. The summed E-state index contributed by atoms with van der Waals surface area (Å²) >= 11 is 0. The van der Waals surface area contributed by atoms with Crippen molar-refractivity contribution in [3.63, 3.8) is 0 Å². The van der Waals surface area contributed by atoms with Crippen LogP contribution in [0.1, 0.15) is 13.3 Å². The van der Waals surface area contributed by atoms with Gasteiger partial charge in [0.25, 0.3) is 0 Å². The molecule has 2 heterocycles. The number of likely N-dealkylation sites (N-methyl/N-ethyl adjacent to an activating group) is 1. The maximum Gasteiger partial charge on any atom is 0.238 e. The lowest BCUT2D eigenvalue weighted by Crippen LogP contribution is -2.35. The first-order valence-electron chi connectivity index (χ1n) is 5.85. The molecule has 0 spiro atoms. The zero-order valence-corrected chi connectivity index (χ0v) is 10.7. The predicted molar refractivity (Wildman–Crippen MR) is 69.7 cm³/mol. The molecule has 1 aliphatic heterocycles. The Morgan fingerprint density at radius 1 is 1.67 bits per heavy atom. The molecular weight excluding hydrogens is 229 g/mol. The van der Waals surface area contributed by atoms with E-state index < -0.39 is 0 Å². The Hall–Kier alpha value is -1.56. The first kappa shape index (κ1) is 12.9. The number of hydrogen-bond acceptors (Lipinski definition) is 4. The van der Waals surface area contributed by atoms with Crippen LogP contribution in [0.3, 0.4) is 0 Å². The van der Waals surface area contributed by atoms with E-state index in [0.717, 1.165) is 24.3 Å². The van der Waals surface area contributed by atoms with Crippen molar-refractivity contribution in [2.75, 3.05) is 24.9 Å². The Labute approximate surface area is 108 Å². The summed E-state index contributed by atoms with van der Waals surface area (Å²) in [7, 11) is 7.64. The summed E-state index contributed by atoms with van der Waals surface area (Å²) < 4.78 is 6.00. The largest absolute Gasteiger partial charge is 0.482 e. The summed E-state index contributed by atoms with van der Waals surface area (Å²) in [6.07, 6.45) is 4.64. The van der Waals surface area contributed by atoms with Gasteiger partial charge in [0.1, 0.15) is 5.60 Å². The van der Waals surface area contributed by atoms with Gasteiger partial charge in [-0.1, -0.05) is 0 Å². The fourth-order valence-corrected chi connectivity index (χ4v) is 2.23. The normalized spacial score (nSPS) is 23.9. The summed E-state index contributed by atoms with van der Waals surface area (Å²) in [4.78, 5) is 18.0. The highest BCUT2D eigenvalue weighted by Gasteiger charge is 2.34. The molecule has 1 amide bonds. The molecule has 6 heteroatoms. The standard InChI is InChI=1S/C12H16BN3O2/c1-12(4-6-15(2)8-12)18-11-7-14-5-3-10(11)16(13)9-17/h3,5,7,9H,4,6,8H2,1-2H3. The SMILES string of the molecule is [B]N(C=O)c1ccncc1OC1(C)CCN(C)C1. The summed E-state index contributed by atoms with van der Waals surface area (Å²) in [5.41, 5.74) is 0.256. The monoisotopic (exact) mass is 245 g/mol. The molecular formula is C12H16BN3O2. The minimum atomic E-state index is -0.268. The summed E-state index contributed by atoms with van der Waals surface area (Å²) in [6, 6.07) is 1.66. The summed E-state index contributed by atoms with van der Waals surface area (Å²) in [6.45, 7) is 3.88. The van der Waals surface area contributed by atoms with Crippen molar-refractivity contribution >= 4 is 20.1 Å². The van der Waals surface area contributed by atoms with Crippen LogP contribution in [0.4, 0.5) is 5.69 Å². The molecule has 1 aromatic heterocycles. The second-order valence-corrected chi connectivity index (χ2v) is 4.90. The number of nitrogens with zero attached hydrogens (tertiary/aromatic N) is 3. The van der Waals surface area contributed by atoms with Crippen LogP contribution in [-0.2, 0) is 4.79 Å². The lowest BCUT2D eigenvalue weighted by atomic mass is 10.1. The van der Waals surface area contributed by atoms with Crippen LogP contribution >= 0.6 is 0 Å². The first-order chi connectivity index (χ1) is 8.54. The molecule has 5 nitrogen and oxygen atoms in total. The van der Waals surface area contributed by atoms with Crippen LogP contribution in [0.15, 0.2) is 18.5 Å². The van der Waals surface area contributed by atoms with Crippen LogP contribution in [0, 0.1) is 0 Å². The number of likely N-dealkylation sites (tertiary alicyclic amines) is 1. The third kappa shape index (κ3) is 2.64. The van der Waals surface area contributed by atoms with Crippen molar-refractivity contribution in [3.05, 3.63) is 18.5 Å². The van der Waals surface area contributed by atoms with E-state index in [1.165, 1.54) is 0 Å². The van der Waals surface area contributed by atoms with Crippen molar-refractivity contribution in [3.8, 4) is 5.75 Å². The molecule has 0 N–H and O–H groups in total. The molecule has 1 aromatic rings. The molecule has 1 fully saturated rings. The van der Waals surface area contributed by atoms with Crippen molar-refractivity contribution in [1.82, 2.24) is 9.88 Å². The molecule has 1 atom stereocenters. The number of amides is 1. The van der Waals surface area contributed by atoms with Crippen LogP contribution in [-0.4, -0.2) is 50.0 Å². The van der Waals surface area contributed by atoms with Gasteiger partial charge in [-0.05, 0) is 20.0 Å². The smallest absolute Gasteiger partial charge is 0.238 e. The molecule has 0 bridgehead atoms. The molecule has 1 saturated heterocycles. The fraction of sp³-hybridized carbons (Fsp3) is 0.500. The Morgan fingerprint density at radius 3 is 3.06 bits per heavy atom. The van der Waals surface area contributed by atoms with Crippen molar-refractivity contribution in [2.24, 2.45) is 0 Å². The number of anilines is 1. The van der Waals surface area contributed by atoms with E-state index in [2.05, 4.69) is 23.9 Å². The van der Waals surface area contributed by atoms with Crippen molar-refractivity contribution in [2.45, 2.75) is 18.9 Å². The van der Waals surface area contributed by atoms with E-state index in [9.17, 15) is 4.79 Å². The first-order valence-corrected chi connectivity index (χ1v) is 5.85. The zero-order valence-electron chi connectivity index (χ0n) is 10.7. The Balaban J connectivity index is 2.21. The minimum absolute atomic E-state index is 0.268. The second kappa shape index (κ2) is 4.98. The van der Waals surface area contributed by atoms with Gasteiger partial charge in [0, 0.05) is 25.7 Å². The summed E-state index contributed by atoms with van der Waals surface area (Å²) in [5, 5.41) is 0. The third-order valence-corrected chi connectivity index (χ3v) is 3.14. The van der Waals surface area contributed by atoms with Crippen LogP contribution in [0.5, 0.6) is 5.75 Å². The Morgan fingerprint density at radius 2 is 2.44 bits per heavy atom. The molecule has 2 rings (SSSR count). The van der Waals surface area contributed by atoms with Crippen LogP contribution < -0.4 is 9.55 Å². The number of carbonyl (C=O) groups is 1. The average molecular weight is 245 g/mol. The van der Waals surface area contributed by atoms with Crippen LogP contribution in [0.2, 0.25) is 0 Å². The maximum atomic E-state index is 10.7. The van der Waals surface area contributed by atoms with Gasteiger partial charge in [-0.3, -0.25) is 9.78 Å². The van der Waals surface area contributed by atoms with Crippen LogP contribution in [0.25, 0.3) is 0 Å². The van der Waals surface area contributed by atoms with Crippen molar-refractivity contribution < 1.29 is 9.53 Å². The molecule has 94 valence electrons. The predicted octanol–water partition coefficient (Wildman–Crippen LogP) is 0.601. The van der Waals surface area contributed by atoms with Gasteiger partial charge in [-0.15, -0.1) is 0 Å². The highest BCUT2D eigenvalue weighted by molar-refractivity contribution is 6.26. The van der Waals surface area contributed by atoms with Gasteiger partial charge in [-0.2, -0.15) is 0 Å². The van der Waals surface area contributed by atoms with Gasteiger partial charge in [0.05, 0.1) is 11.9 Å². The second-order valence-electron chi connectivity index (χ2n) is 4.90. The fourth-order valence-electron chi connectivity index (χ4n) is 2.23. The number of aromatic nitrogens is 1. The van der Waals surface area contributed by atoms with E-state index in [1.54, 1.807) is 18.5 Å². The minimum Gasteiger partial charge on any atom is -0.482 e. The van der Waals surface area contributed by atoms with Gasteiger partial charge >= 0.3 is 0 Å². The van der Waals surface area contributed by atoms with E-state index in [-0.39, 0.29) is 5.60 Å². The van der Waals surface area contributed by atoms with E-state index in [4.69, 9.17) is 12.7 Å². The average Bonchev–Trinajstić information content (AvgIpc) is 2.68. The molecule has 2 radical (unpaired) electrons. The van der Waals surface area contributed by atoms with Gasteiger partial charge in [0.2, 0.25) is 14.4 Å². The lowest BCUT2D eigenvalue weighted by molar-refractivity contribution is -0.106. The maximum absolute atomic E-state index is 10.7. The molecule has 0 aromatic carbocycles. The Kier molecular flexibility index (Phi) is 3.56.